The molecule has 0 radical (unpaired) electrons. The first-order valence-corrected chi connectivity index (χ1v) is 3.61. The number of hydrogen-bond acceptors (Lipinski definition) is 0. The van der Waals surface area contributed by atoms with Gasteiger partial charge in [0.05, 0.1) is 5.38 Å². The van der Waals surface area contributed by atoms with Crippen LogP contribution in [0.15, 0.2) is 12.2 Å². The van der Waals surface area contributed by atoms with Crippen molar-refractivity contribution < 1.29 is 0 Å². The lowest BCUT2D eigenvalue weighted by molar-refractivity contribution is 0.745. The Morgan fingerprint density at radius 3 is 2.50 bits per heavy atom. The monoisotopic (exact) mass is 150 g/mol. The molecule has 0 N–H and O–H groups in total. The summed E-state index contributed by atoms with van der Waals surface area (Å²) in [5.74, 6) is 0. The van der Waals surface area contributed by atoms with Gasteiger partial charge in [-0.1, -0.05) is 12.2 Å². The zero-order valence-corrected chi connectivity index (χ0v) is 5.99. The molecule has 2 atom stereocenters. The van der Waals surface area contributed by atoms with Crippen molar-refractivity contribution in [3.63, 3.8) is 0 Å². The maximum absolute atomic E-state index is 5.78. The summed E-state index contributed by atoms with van der Waals surface area (Å²) in [6.45, 7) is 0. The summed E-state index contributed by atoms with van der Waals surface area (Å²) in [4.78, 5) is 0. The zero-order valence-electron chi connectivity index (χ0n) is 4.48. The molecule has 0 amide bonds. The van der Waals surface area contributed by atoms with Crippen LogP contribution in [0.5, 0.6) is 0 Å². The Hall–Kier alpha value is 0.320. The fourth-order valence-electron chi connectivity index (χ4n) is 0.793. The summed E-state index contributed by atoms with van der Waals surface area (Å²) in [5.41, 5.74) is 0. The van der Waals surface area contributed by atoms with E-state index in [1.165, 1.54) is 0 Å². The molecule has 1 rings (SSSR count). The third-order valence-electron chi connectivity index (χ3n) is 1.22. The summed E-state index contributed by atoms with van der Waals surface area (Å²) < 4.78 is 0. The highest BCUT2D eigenvalue weighted by molar-refractivity contribution is 6.24. The lowest BCUT2D eigenvalue weighted by Crippen LogP contribution is -2.09. The molecule has 0 aliphatic heterocycles. The number of alkyl halides is 2. The van der Waals surface area contributed by atoms with E-state index >= 15 is 0 Å². The summed E-state index contributed by atoms with van der Waals surface area (Å²) in [7, 11) is 0. The molecule has 0 saturated heterocycles. The second-order valence-corrected chi connectivity index (χ2v) is 3.19. The van der Waals surface area contributed by atoms with E-state index in [1.807, 2.05) is 12.2 Å². The summed E-state index contributed by atoms with van der Waals surface area (Å²) in [5, 5.41) is 0.439. The highest BCUT2D eigenvalue weighted by Gasteiger charge is 2.11. The van der Waals surface area contributed by atoms with E-state index in [0.717, 1.165) is 12.8 Å². The fraction of sp³-hybridized carbons (Fsp3) is 0.667. The number of hydrogen-bond donors (Lipinski definition) is 0. The molecule has 1 aliphatic rings. The Balaban J connectivity index is 2.42. The Kier molecular flexibility index (Phi) is 2.21. The highest BCUT2D eigenvalue weighted by atomic mass is 35.5. The van der Waals surface area contributed by atoms with Gasteiger partial charge in [-0.15, -0.1) is 23.2 Å². The van der Waals surface area contributed by atoms with Gasteiger partial charge in [-0.3, -0.25) is 0 Å². The van der Waals surface area contributed by atoms with Crippen molar-refractivity contribution >= 4 is 23.2 Å². The molecule has 8 heavy (non-hydrogen) atoms. The van der Waals surface area contributed by atoms with Crippen LogP contribution in [0.2, 0.25) is 0 Å². The van der Waals surface area contributed by atoms with Gasteiger partial charge in [-0.2, -0.15) is 0 Å². The predicted octanol–water partition coefficient (Wildman–Crippen LogP) is 2.55. The maximum Gasteiger partial charge on any atom is 0.0530 e. The first-order valence-electron chi connectivity index (χ1n) is 2.74. The molecule has 0 heterocycles. The van der Waals surface area contributed by atoms with Gasteiger partial charge >= 0.3 is 0 Å². The number of halogens is 2. The van der Waals surface area contributed by atoms with Gasteiger partial charge < -0.3 is 0 Å². The standard InChI is InChI=1S/C6H8Cl2/c7-5-2-1-3-6(8)4-5/h1-2,5-6H,3-4H2. The van der Waals surface area contributed by atoms with Crippen molar-refractivity contribution in [3.8, 4) is 0 Å². The lowest BCUT2D eigenvalue weighted by atomic mass is 10.1. The normalized spacial score (nSPS) is 37.8. The highest BCUT2D eigenvalue weighted by Crippen LogP contribution is 2.20. The molecule has 1 aliphatic carbocycles. The minimum Gasteiger partial charge on any atom is -0.123 e. The number of rotatable bonds is 0. The zero-order chi connectivity index (χ0) is 5.98. The molecule has 46 valence electrons. The van der Waals surface area contributed by atoms with Crippen LogP contribution in [0.1, 0.15) is 12.8 Å². The quantitative estimate of drug-likeness (QED) is 0.368. The van der Waals surface area contributed by atoms with Gasteiger partial charge in [0.25, 0.3) is 0 Å². The Morgan fingerprint density at radius 2 is 2.12 bits per heavy atom. The van der Waals surface area contributed by atoms with Crippen LogP contribution < -0.4 is 0 Å². The van der Waals surface area contributed by atoms with Crippen molar-refractivity contribution in [1.82, 2.24) is 0 Å². The van der Waals surface area contributed by atoms with Gasteiger partial charge in [0.15, 0.2) is 0 Å². The molecule has 0 nitrogen and oxygen atoms in total. The molecule has 0 saturated carbocycles. The van der Waals surface area contributed by atoms with E-state index in [9.17, 15) is 0 Å². The molecule has 0 aromatic heterocycles. The second kappa shape index (κ2) is 2.75. The van der Waals surface area contributed by atoms with Gasteiger partial charge in [-0.05, 0) is 12.8 Å². The van der Waals surface area contributed by atoms with E-state index < -0.39 is 0 Å². The second-order valence-electron chi connectivity index (χ2n) is 2.01. The summed E-state index contributed by atoms with van der Waals surface area (Å²) in [6, 6.07) is 0. The number of allylic oxidation sites excluding steroid dienone is 2. The molecule has 2 unspecified atom stereocenters. The summed E-state index contributed by atoms with van der Waals surface area (Å²) in [6.07, 6.45) is 5.93. The van der Waals surface area contributed by atoms with E-state index in [2.05, 4.69) is 0 Å². The van der Waals surface area contributed by atoms with Crippen molar-refractivity contribution in [1.29, 1.82) is 0 Å². The maximum atomic E-state index is 5.78. The van der Waals surface area contributed by atoms with Crippen LogP contribution in [0, 0.1) is 0 Å². The Bertz CT molecular complexity index is 98.7. The van der Waals surface area contributed by atoms with E-state index in [4.69, 9.17) is 23.2 Å². The van der Waals surface area contributed by atoms with Crippen LogP contribution in [-0.2, 0) is 0 Å². The van der Waals surface area contributed by atoms with Crippen LogP contribution >= 0.6 is 23.2 Å². The Morgan fingerprint density at radius 1 is 1.38 bits per heavy atom. The smallest absolute Gasteiger partial charge is 0.0530 e. The van der Waals surface area contributed by atoms with E-state index in [-0.39, 0.29) is 10.8 Å². The topological polar surface area (TPSA) is 0 Å². The minimum atomic E-state index is 0.172. The first kappa shape index (κ1) is 6.44. The van der Waals surface area contributed by atoms with Crippen LogP contribution in [-0.4, -0.2) is 10.8 Å². The lowest BCUT2D eigenvalue weighted by Gasteiger charge is -2.13. The minimum absolute atomic E-state index is 0.172. The van der Waals surface area contributed by atoms with Gasteiger partial charge in [0, 0.05) is 5.38 Å². The molecular formula is C6H8Cl2. The largest absolute Gasteiger partial charge is 0.123 e. The van der Waals surface area contributed by atoms with Crippen molar-refractivity contribution in [3.05, 3.63) is 12.2 Å². The predicted molar refractivity (Wildman–Crippen MR) is 37.7 cm³/mol. The van der Waals surface area contributed by atoms with Gasteiger partial charge in [0.1, 0.15) is 0 Å². The molecule has 0 bridgehead atoms. The SMILES string of the molecule is ClC1C=CCC(Cl)C1. The Labute approximate surface area is 59.5 Å². The van der Waals surface area contributed by atoms with Crippen LogP contribution in [0.3, 0.4) is 0 Å². The van der Waals surface area contributed by atoms with Gasteiger partial charge in [0.2, 0.25) is 0 Å². The first-order chi connectivity index (χ1) is 3.79. The average Bonchev–Trinajstić information content (AvgIpc) is 1.64. The van der Waals surface area contributed by atoms with Crippen molar-refractivity contribution in [2.24, 2.45) is 0 Å². The van der Waals surface area contributed by atoms with Crippen molar-refractivity contribution in [2.75, 3.05) is 0 Å². The average molecular weight is 151 g/mol. The van der Waals surface area contributed by atoms with E-state index in [1.54, 1.807) is 0 Å². The molecule has 0 spiro atoms. The molecule has 0 aromatic rings. The fourth-order valence-corrected chi connectivity index (χ4v) is 1.50. The van der Waals surface area contributed by atoms with E-state index in [0.29, 0.717) is 0 Å². The van der Waals surface area contributed by atoms with Crippen molar-refractivity contribution in [2.45, 2.75) is 23.6 Å². The van der Waals surface area contributed by atoms with Crippen LogP contribution in [0.25, 0.3) is 0 Å². The molecule has 0 aromatic carbocycles. The molecular weight excluding hydrogens is 143 g/mol. The van der Waals surface area contributed by atoms with Gasteiger partial charge in [-0.25, -0.2) is 0 Å². The molecule has 0 fully saturated rings. The third kappa shape index (κ3) is 1.68. The summed E-state index contributed by atoms with van der Waals surface area (Å²) >= 11 is 11.5. The third-order valence-corrected chi connectivity index (χ3v) is 1.90. The molecule has 2 heteroatoms. The van der Waals surface area contributed by atoms with Crippen LogP contribution in [0.4, 0.5) is 0 Å².